The van der Waals surface area contributed by atoms with Crippen molar-refractivity contribution in [3.8, 4) is 22.6 Å². The number of nitrogens with zero attached hydrogens (tertiary/aromatic N) is 1. The largest absolute Gasteiger partial charge is 0.391 e. The third kappa shape index (κ3) is 2.83. The van der Waals surface area contributed by atoms with Gasteiger partial charge in [-0.05, 0) is 42.8 Å². The first-order chi connectivity index (χ1) is 12.2. The van der Waals surface area contributed by atoms with Gasteiger partial charge in [0.1, 0.15) is 5.69 Å². The summed E-state index contributed by atoms with van der Waals surface area (Å²) in [6.07, 6.45) is 0. The van der Waals surface area contributed by atoms with Gasteiger partial charge in [0.05, 0.1) is 12.2 Å². The minimum absolute atomic E-state index is 0.117. The SMILES string of the molecule is Cc1cc(C)cc(-c2onc(-c3ccc4ccccc4c3)c2CO)c1. The molecule has 0 saturated heterocycles. The van der Waals surface area contributed by atoms with Crippen LogP contribution in [0.5, 0.6) is 0 Å². The molecule has 0 aliphatic heterocycles. The average Bonchev–Trinajstić information content (AvgIpc) is 3.04. The maximum Gasteiger partial charge on any atom is 0.173 e. The lowest BCUT2D eigenvalue weighted by molar-refractivity contribution is 0.281. The van der Waals surface area contributed by atoms with E-state index in [0.717, 1.165) is 33.2 Å². The topological polar surface area (TPSA) is 46.3 Å². The lowest BCUT2D eigenvalue weighted by Crippen LogP contribution is -1.90. The van der Waals surface area contributed by atoms with Crippen molar-refractivity contribution < 1.29 is 9.63 Å². The second kappa shape index (κ2) is 6.19. The van der Waals surface area contributed by atoms with Gasteiger partial charge < -0.3 is 9.63 Å². The predicted molar refractivity (Wildman–Crippen MR) is 100 cm³/mol. The third-order valence-electron chi connectivity index (χ3n) is 4.45. The summed E-state index contributed by atoms with van der Waals surface area (Å²) < 4.78 is 5.64. The summed E-state index contributed by atoms with van der Waals surface area (Å²) in [5.74, 6) is 0.637. The zero-order valence-corrected chi connectivity index (χ0v) is 14.3. The molecule has 0 aliphatic rings. The van der Waals surface area contributed by atoms with Gasteiger partial charge in [0.25, 0.3) is 0 Å². The van der Waals surface area contributed by atoms with Gasteiger partial charge in [0.2, 0.25) is 0 Å². The molecule has 0 bridgehead atoms. The molecule has 1 heterocycles. The molecular formula is C22H19NO2. The van der Waals surface area contributed by atoms with Crippen molar-refractivity contribution in [2.45, 2.75) is 20.5 Å². The van der Waals surface area contributed by atoms with Crippen LogP contribution in [0.15, 0.2) is 65.2 Å². The molecule has 0 aliphatic carbocycles. The highest BCUT2D eigenvalue weighted by atomic mass is 16.5. The number of aliphatic hydroxyl groups excluding tert-OH is 1. The first kappa shape index (κ1) is 15.6. The standard InChI is InChI=1S/C22H19NO2/c1-14-9-15(2)11-19(10-14)22-20(13-24)21(23-25-22)18-8-7-16-5-3-4-6-17(16)12-18/h3-12,24H,13H2,1-2H3. The van der Waals surface area contributed by atoms with Gasteiger partial charge in [0, 0.05) is 11.1 Å². The highest BCUT2D eigenvalue weighted by Gasteiger charge is 2.19. The molecule has 0 fully saturated rings. The second-order valence-corrected chi connectivity index (χ2v) is 6.44. The van der Waals surface area contributed by atoms with Crippen LogP contribution >= 0.6 is 0 Å². The van der Waals surface area contributed by atoms with Crippen molar-refractivity contribution in [1.29, 1.82) is 0 Å². The molecule has 124 valence electrons. The Balaban J connectivity index is 1.86. The average molecular weight is 329 g/mol. The van der Waals surface area contributed by atoms with Crippen LogP contribution in [0.2, 0.25) is 0 Å². The molecular weight excluding hydrogens is 310 g/mol. The Labute approximate surface area is 146 Å². The van der Waals surface area contributed by atoms with Gasteiger partial charge in [-0.2, -0.15) is 0 Å². The first-order valence-corrected chi connectivity index (χ1v) is 8.33. The summed E-state index contributed by atoms with van der Waals surface area (Å²) in [6.45, 7) is 3.99. The van der Waals surface area contributed by atoms with Gasteiger partial charge >= 0.3 is 0 Å². The minimum atomic E-state index is -0.117. The fourth-order valence-corrected chi connectivity index (χ4v) is 3.35. The molecule has 0 amide bonds. The van der Waals surface area contributed by atoms with Crippen LogP contribution in [0.25, 0.3) is 33.4 Å². The Kier molecular flexibility index (Phi) is 3.86. The van der Waals surface area contributed by atoms with Gasteiger partial charge in [0.15, 0.2) is 5.76 Å². The van der Waals surface area contributed by atoms with Crippen molar-refractivity contribution in [2.24, 2.45) is 0 Å². The first-order valence-electron chi connectivity index (χ1n) is 8.33. The number of benzene rings is 3. The molecule has 0 saturated carbocycles. The molecule has 4 aromatic rings. The molecule has 1 aromatic heterocycles. The van der Waals surface area contributed by atoms with E-state index < -0.39 is 0 Å². The van der Waals surface area contributed by atoms with E-state index in [1.54, 1.807) is 0 Å². The Hall–Kier alpha value is -2.91. The zero-order chi connectivity index (χ0) is 17.4. The Morgan fingerprint density at radius 3 is 2.28 bits per heavy atom. The molecule has 4 rings (SSSR count). The van der Waals surface area contributed by atoms with E-state index in [2.05, 4.69) is 61.5 Å². The molecule has 1 N–H and O–H groups in total. The maximum absolute atomic E-state index is 9.96. The van der Waals surface area contributed by atoms with E-state index in [1.807, 2.05) is 18.2 Å². The van der Waals surface area contributed by atoms with Crippen molar-refractivity contribution in [3.05, 3.63) is 77.4 Å². The van der Waals surface area contributed by atoms with Crippen LogP contribution in [-0.4, -0.2) is 10.3 Å². The van der Waals surface area contributed by atoms with Crippen molar-refractivity contribution in [3.63, 3.8) is 0 Å². The smallest absolute Gasteiger partial charge is 0.173 e. The maximum atomic E-state index is 9.96. The van der Waals surface area contributed by atoms with Crippen molar-refractivity contribution in [2.75, 3.05) is 0 Å². The summed E-state index contributed by atoms with van der Waals surface area (Å²) >= 11 is 0. The minimum Gasteiger partial charge on any atom is -0.391 e. The van der Waals surface area contributed by atoms with Crippen LogP contribution in [-0.2, 0) is 6.61 Å². The summed E-state index contributed by atoms with van der Waals surface area (Å²) in [6, 6.07) is 20.6. The summed E-state index contributed by atoms with van der Waals surface area (Å²) in [5, 5.41) is 16.5. The lowest BCUT2D eigenvalue weighted by Gasteiger charge is -2.05. The molecule has 3 nitrogen and oxygen atoms in total. The van der Waals surface area contributed by atoms with E-state index in [1.165, 1.54) is 5.39 Å². The Morgan fingerprint density at radius 2 is 1.56 bits per heavy atom. The van der Waals surface area contributed by atoms with Crippen LogP contribution in [0.3, 0.4) is 0 Å². The number of fused-ring (bicyclic) bond motifs is 1. The van der Waals surface area contributed by atoms with Gasteiger partial charge in [-0.1, -0.05) is 58.7 Å². The number of rotatable bonds is 3. The zero-order valence-electron chi connectivity index (χ0n) is 14.3. The summed E-state index contributed by atoms with van der Waals surface area (Å²) in [7, 11) is 0. The third-order valence-corrected chi connectivity index (χ3v) is 4.45. The Morgan fingerprint density at radius 1 is 0.840 bits per heavy atom. The fourth-order valence-electron chi connectivity index (χ4n) is 3.35. The quantitative estimate of drug-likeness (QED) is 0.557. The van der Waals surface area contributed by atoms with E-state index in [4.69, 9.17) is 4.52 Å². The van der Waals surface area contributed by atoms with Crippen LogP contribution < -0.4 is 0 Å². The number of aliphatic hydroxyl groups is 1. The number of aromatic nitrogens is 1. The molecule has 3 aromatic carbocycles. The lowest BCUT2D eigenvalue weighted by atomic mass is 9.99. The van der Waals surface area contributed by atoms with Gasteiger partial charge in [-0.15, -0.1) is 0 Å². The monoisotopic (exact) mass is 329 g/mol. The highest BCUT2D eigenvalue weighted by molar-refractivity contribution is 5.87. The second-order valence-electron chi connectivity index (χ2n) is 6.44. The molecule has 0 unspecified atom stereocenters. The van der Waals surface area contributed by atoms with Crippen LogP contribution in [0, 0.1) is 13.8 Å². The van der Waals surface area contributed by atoms with Crippen molar-refractivity contribution in [1.82, 2.24) is 5.16 Å². The normalized spacial score (nSPS) is 11.2. The Bertz CT molecular complexity index is 1040. The number of hydrogen-bond acceptors (Lipinski definition) is 3. The van der Waals surface area contributed by atoms with Crippen LogP contribution in [0.1, 0.15) is 16.7 Å². The molecule has 3 heteroatoms. The molecule has 0 atom stereocenters. The summed E-state index contributed by atoms with van der Waals surface area (Å²) in [4.78, 5) is 0. The van der Waals surface area contributed by atoms with E-state index in [9.17, 15) is 5.11 Å². The number of hydrogen-bond donors (Lipinski definition) is 1. The highest BCUT2D eigenvalue weighted by Crippen LogP contribution is 2.34. The molecule has 25 heavy (non-hydrogen) atoms. The van der Waals surface area contributed by atoms with E-state index >= 15 is 0 Å². The van der Waals surface area contributed by atoms with E-state index in [0.29, 0.717) is 11.5 Å². The fraction of sp³-hybridized carbons (Fsp3) is 0.136. The van der Waals surface area contributed by atoms with Gasteiger partial charge in [-0.3, -0.25) is 0 Å². The summed E-state index contributed by atoms with van der Waals surface area (Å²) in [5.41, 5.74) is 5.62. The molecule has 0 spiro atoms. The van der Waals surface area contributed by atoms with Crippen LogP contribution in [0.4, 0.5) is 0 Å². The van der Waals surface area contributed by atoms with E-state index in [-0.39, 0.29) is 6.61 Å². The van der Waals surface area contributed by atoms with Gasteiger partial charge in [-0.25, -0.2) is 0 Å². The number of aryl methyl sites for hydroxylation is 2. The van der Waals surface area contributed by atoms with Crippen molar-refractivity contribution >= 4 is 10.8 Å². The molecule has 0 radical (unpaired) electrons. The predicted octanol–water partition coefficient (Wildman–Crippen LogP) is 5.27.